The minimum atomic E-state index is -0.440. The molecule has 7 heteroatoms. The lowest BCUT2D eigenvalue weighted by Gasteiger charge is -2.36. The van der Waals surface area contributed by atoms with E-state index in [-0.39, 0.29) is 10.7 Å². The van der Waals surface area contributed by atoms with Crippen LogP contribution in [0.2, 0.25) is 0 Å². The molecule has 0 unspecified atom stereocenters. The number of ether oxygens (including phenoxy) is 1. The highest BCUT2D eigenvalue weighted by molar-refractivity contribution is 7.81. The first kappa shape index (κ1) is 22.0. The Hall–Kier alpha value is -3.81. The van der Waals surface area contributed by atoms with Crippen molar-refractivity contribution in [3.05, 3.63) is 96.1 Å². The quantitative estimate of drug-likeness (QED) is 0.325. The number of nitrogens with zero attached hydrogens (tertiary/aromatic N) is 3. The molecule has 170 valence electrons. The molecule has 2 aliphatic rings. The molecule has 0 radical (unpaired) electrons. The molecule has 0 aliphatic carbocycles. The lowest BCUT2D eigenvalue weighted by Crippen LogP contribution is -2.56. The molecule has 0 aromatic heterocycles. The Morgan fingerprint density at radius 2 is 1.21 bits per heavy atom. The van der Waals surface area contributed by atoms with E-state index in [0.717, 1.165) is 24.3 Å². The second-order valence-electron chi connectivity index (χ2n) is 7.95. The van der Waals surface area contributed by atoms with Gasteiger partial charge >= 0.3 is 0 Å². The molecule has 2 heterocycles. The maximum atomic E-state index is 13.7. The highest BCUT2D eigenvalue weighted by atomic mass is 32.1. The minimum absolute atomic E-state index is 0.0574. The molecule has 0 bridgehead atoms. The molecule has 3 aromatic rings. The van der Waals surface area contributed by atoms with E-state index in [2.05, 4.69) is 4.90 Å². The van der Waals surface area contributed by atoms with Crippen LogP contribution < -0.4 is 14.7 Å². The first-order valence-corrected chi connectivity index (χ1v) is 11.5. The van der Waals surface area contributed by atoms with Crippen LogP contribution in [0.25, 0.3) is 6.08 Å². The molecule has 0 spiro atoms. The molecule has 2 aliphatic heterocycles. The van der Waals surface area contributed by atoms with Crippen molar-refractivity contribution in [1.82, 2.24) is 0 Å². The van der Waals surface area contributed by atoms with E-state index < -0.39 is 11.8 Å². The van der Waals surface area contributed by atoms with Crippen molar-refractivity contribution in [2.45, 2.75) is 0 Å². The van der Waals surface area contributed by atoms with Gasteiger partial charge in [0, 0.05) is 18.8 Å². The predicted molar refractivity (Wildman–Crippen MR) is 138 cm³/mol. The fraction of sp³-hybridized carbons (Fsp3) is 0.148. The van der Waals surface area contributed by atoms with Crippen LogP contribution in [0.4, 0.5) is 17.1 Å². The predicted octanol–water partition coefficient (Wildman–Crippen LogP) is 4.27. The van der Waals surface area contributed by atoms with Crippen molar-refractivity contribution in [3.8, 4) is 0 Å². The number of morpholine rings is 1. The van der Waals surface area contributed by atoms with Crippen LogP contribution in [-0.4, -0.2) is 43.2 Å². The third-order valence-electron chi connectivity index (χ3n) is 5.87. The Balaban J connectivity index is 1.63. The zero-order valence-corrected chi connectivity index (χ0v) is 19.3. The van der Waals surface area contributed by atoms with Gasteiger partial charge in [-0.1, -0.05) is 54.6 Å². The molecular formula is C27H23N3O3S. The molecule has 3 aromatic carbocycles. The first-order valence-electron chi connectivity index (χ1n) is 11.1. The lowest BCUT2D eigenvalue weighted by atomic mass is 10.0. The third kappa shape index (κ3) is 4.11. The van der Waals surface area contributed by atoms with Crippen LogP contribution in [0.1, 0.15) is 5.56 Å². The van der Waals surface area contributed by atoms with Gasteiger partial charge in [0.25, 0.3) is 11.8 Å². The Morgan fingerprint density at radius 1 is 0.706 bits per heavy atom. The van der Waals surface area contributed by atoms with Gasteiger partial charge in [-0.25, -0.2) is 0 Å². The number of hydrogen-bond acceptors (Lipinski definition) is 5. The topological polar surface area (TPSA) is 53.1 Å². The highest BCUT2D eigenvalue weighted by Crippen LogP contribution is 2.31. The lowest BCUT2D eigenvalue weighted by molar-refractivity contribution is -0.120. The van der Waals surface area contributed by atoms with Crippen molar-refractivity contribution >= 4 is 52.3 Å². The SMILES string of the molecule is O=C1C(=Cc2ccccc2N2CCOCC2)C(=O)N(c2ccccc2)C(=S)N1c1ccccc1. The molecule has 2 amide bonds. The molecule has 34 heavy (non-hydrogen) atoms. The van der Waals surface area contributed by atoms with Gasteiger partial charge in [0.1, 0.15) is 5.57 Å². The number of amides is 2. The van der Waals surface area contributed by atoms with Crippen molar-refractivity contribution in [2.75, 3.05) is 41.0 Å². The summed E-state index contributed by atoms with van der Waals surface area (Å²) in [4.78, 5) is 32.5. The van der Waals surface area contributed by atoms with Gasteiger partial charge in [-0.2, -0.15) is 0 Å². The molecular weight excluding hydrogens is 446 g/mol. The van der Waals surface area contributed by atoms with E-state index in [9.17, 15) is 9.59 Å². The molecule has 0 atom stereocenters. The van der Waals surface area contributed by atoms with Crippen LogP contribution >= 0.6 is 12.2 Å². The van der Waals surface area contributed by atoms with Crippen LogP contribution in [-0.2, 0) is 14.3 Å². The zero-order chi connectivity index (χ0) is 23.5. The molecule has 0 N–H and O–H groups in total. The summed E-state index contributed by atoms with van der Waals surface area (Å²) in [6.07, 6.45) is 1.68. The fourth-order valence-electron chi connectivity index (χ4n) is 4.20. The molecule has 2 fully saturated rings. The maximum Gasteiger partial charge on any atom is 0.270 e. The normalized spacial score (nSPS) is 16.8. The van der Waals surface area contributed by atoms with Gasteiger partial charge in [-0.15, -0.1) is 0 Å². The molecule has 5 rings (SSSR count). The second-order valence-corrected chi connectivity index (χ2v) is 8.32. The van der Waals surface area contributed by atoms with E-state index >= 15 is 0 Å². The van der Waals surface area contributed by atoms with Crippen molar-refractivity contribution in [1.29, 1.82) is 0 Å². The summed E-state index contributed by atoms with van der Waals surface area (Å²) >= 11 is 5.67. The van der Waals surface area contributed by atoms with E-state index in [1.165, 1.54) is 9.80 Å². The van der Waals surface area contributed by atoms with Crippen molar-refractivity contribution < 1.29 is 14.3 Å². The minimum Gasteiger partial charge on any atom is -0.378 e. The third-order valence-corrected chi connectivity index (χ3v) is 6.23. The largest absolute Gasteiger partial charge is 0.378 e. The van der Waals surface area contributed by atoms with E-state index in [0.29, 0.717) is 24.6 Å². The van der Waals surface area contributed by atoms with Crippen LogP contribution in [0, 0.1) is 0 Å². The number of benzene rings is 3. The summed E-state index contributed by atoms with van der Waals surface area (Å²) in [5.74, 6) is -0.879. The van der Waals surface area contributed by atoms with Gasteiger partial charge in [-0.05, 0) is 54.2 Å². The monoisotopic (exact) mass is 469 g/mol. The van der Waals surface area contributed by atoms with Crippen LogP contribution in [0.3, 0.4) is 0 Å². The van der Waals surface area contributed by atoms with E-state index in [1.54, 1.807) is 6.08 Å². The number of carbonyl (C=O) groups excluding carboxylic acids is 2. The number of hydrogen-bond donors (Lipinski definition) is 0. The standard InChI is InChI=1S/C27H23N3O3S/c31-25-23(19-20-9-7-8-14-24(20)28-15-17-33-18-16-28)26(32)30(22-12-5-2-6-13-22)27(34)29(25)21-10-3-1-4-11-21/h1-14,19H,15-18H2. The zero-order valence-electron chi connectivity index (χ0n) is 18.5. The number of rotatable bonds is 4. The summed E-state index contributed by atoms with van der Waals surface area (Å²) in [6, 6.07) is 26.1. The van der Waals surface area contributed by atoms with E-state index in [1.807, 2.05) is 84.9 Å². The summed E-state index contributed by atoms with van der Waals surface area (Å²) in [5.41, 5.74) is 3.04. The van der Waals surface area contributed by atoms with Gasteiger partial charge < -0.3 is 9.64 Å². The van der Waals surface area contributed by atoms with E-state index in [4.69, 9.17) is 17.0 Å². The maximum absolute atomic E-state index is 13.7. The van der Waals surface area contributed by atoms with Crippen LogP contribution in [0.15, 0.2) is 90.5 Å². The molecule has 0 saturated carbocycles. The summed E-state index contributed by atoms with van der Waals surface area (Å²) < 4.78 is 5.49. The average Bonchev–Trinajstić information content (AvgIpc) is 2.89. The van der Waals surface area contributed by atoms with Crippen LogP contribution in [0.5, 0.6) is 0 Å². The van der Waals surface area contributed by atoms with Gasteiger partial charge in [0.05, 0.1) is 24.6 Å². The highest BCUT2D eigenvalue weighted by Gasteiger charge is 2.41. The summed E-state index contributed by atoms with van der Waals surface area (Å²) in [7, 11) is 0. The van der Waals surface area contributed by atoms with Gasteiger partial charge in [-0.3, -0.25) is 19.4 Å². The average molecular weight is 470 g/mol. The number of thiocarbonyl (C=S) groups is 1. The first-order chi connectivity index (χ1) is 16.6. The number of para-hydroxylation sites is 3. The fourth-order valence-corrected chi connectivity index (χ4v) is 4.57. The number of anilines is 3. The molecule has 6 nitrogen and oxygen atoms in total. The second kappa shape index (κ2) is 9.59. The van der Waals surface area contributed by atoms with Crippen molar-refractivity contribution in [2.24, 2.45) is 0 Å². The Labute approximate surface area is 203 Å². The summed E-state index contributed by atoms with van der Waals surface area (Å²) in [6.45, 7) is 2.78. The summed E-state index contributed by atoms with van der Waals surface area (Å²) in [5, 5.41) is 0.131. The van der Waals surface area contributed by atoms with Crippen molar-refractivity contribution in [3.63, 3.8) is 0 Å². The van der Waals surface area contributed by atoms with Gasteiger partial charge in [0.15, 0.2) is 5.11 Å². The smallest absolute Gasteiger partial charge is 0.270 e. The Morgan fingerprint density at radius 3 is 1.76 bits per heavy atom. The Kier molecular flexibility index (Phi) is 6.20. The molecule has 2 saturated heterocycles. The Bertz CT molecular complexity index is 1190. The van der Waals surface area contributed by atoms with Gasteiger partial charge in [0.2, 0.25) is 0 Å². The number of carbonyl (C=O) groups is 2.